The second-order valence-corrected chi connectivity index (χ2v) is 4.41. The summed E-state index contributed by atoms with van der Waals surface area (Å²) in [6, 6.07) is 3.94. The van der Waals surface area contributed by atoms with Gasteiger partial charge in [-0.1, -0.05) is 6.92 Å². The fourth-order valence-electron chi connectivity index (χ4n) is 2.11. The van der Waals surface area contributed by atoms with Crippen LogP contribution >= 0.6 is 0 Å². The average Bonchev–Trinajstić information content (AvgIpc) is 2.70. The van der Waals surface area contributed by atoms with Crippen molar-refractivity contribution in [1.29, 1.82) is 0 Å². The van der Waals surface area contributed by atoms with Gasteiger partial charge in [0.1, 0.15) is 0 Å². The first kappa shape index (κ1) is 12.0. The summed E-state index contributed by atoms with van der Waals surface area (Å²) < 4.78 is 0. The molecule has 1 aliphatic heterocycles. The number of pyridine rings is 1. The molecule has 0 radical (unpaired) electrons. The van der Waals surface area contributed by atoms with E-state index in [9.17, 15) is 4.79 Å². The molecule has 1 aromatic rings. The zero-order valence-corrected chi connectivity index (χ0v) is 10.2. The predicted molar refractivity (Wildman–Crippen MR) is 66.4 cm³/mol. The largest absolute Gasteiger partial charge is 0.337 e. The second-order valence-electron chi connectivity index (χ2n) is 4.41. The summed E-state index contributed by atoms with van der Waals surface area (Å²) >= 11 is 0. The van der Waals surface area contributed by atoms with E-state index in [-0.39, 0.29) is 11.9 Å². The lowest BCUT2D eigenvalue weighted by Gasteiger charge is -2.17. The third-order valence-electron chi connectivity index (χ3n) is 3.06. The number of carbonyl (C=O) groups is 1. The molecule has 1 saturated heterocycles. The van der Waals surface area contributed by atoms with Crippen LogP contribution in [0.5, 0.6) is 0 Å². The summed E-state index contributed by atoms with van der Waals surface area (Å²) in [6.45, 7) is 4.58. The first-order chi connectivity index (χ1) is 8.31. The van der Waals surface area contributed by atoms with Crippen LogP contribution < -0.4 is 5.32 Å². The van der Waals surface area contributed by atoms with Crippen molar-refractivity contribution in [3.05, 3.63) is 30.1 Å². The summed E-state index contributed by atoms with van der Waals surface area (Å²) in [5.74, 6) is 0.232. The van der Waals surface area contributed by atoms with Gasteiger partial charge in [-0.3, -0.25) is 9.78 Å². The van der Waals surface area contributed by atoms with Crippen LogP contribution in [-0.4, -0.2) is 34.9 Å². The van der Waals surface area contributed by atoms with E-state index in [0.717, 1.165) is 31.5 Å². The molecule has 1 fully saturated rings. The van der Waals surface area contributed by atoms with Crippen LogP contribution in [0.1, 0.15) is 25.3 Å². The molecule has 1 unspecified atom stereocenters. The van der Waals surface area contributed by atoms with Crippen LogP contribution in [0.25, 0.3) is 0 Å². The van der Waals surface area contributed by atoms with Crippen molar-refractivity contribution in [1.82, 2.24) is 15.2 Å². The lowest BCUT2D eigenvalue weighted by atomic mass is 10.2. The fourth-order valence-corrected chi connectivity index (χ4v) is 2.11. The molecular weight excluding hydrogens is 214 g/mol. The van der Waals surface area contributed by atoms with Crippen molar-refractivity contribution < 1.29 is 4.79 Å². The summed E-state index contributed by atoms with van der Waals surface area (Å²) in [5.41, 5.74) is 1.14. The Balaban J connectivity index is 1.89. The van der Waals surface area contributed by atoms with Gasteiger partial charge in [-0.2, -0.15) is 0 Å². The molecular formula is C13H19N3O. The van der Waals surface area contributed by atoms with Crippen LogP contribution in [0.3, 0.4) is 0 Å². The quantitative estimate of drug-likeness (QED) is 0.830. The van der Waals surface area contributed by atoms with E-state index in [0.29, 0.717) is 6.54 Å². The van der Waals surface area contributed by atoms with Gasteiger partial charge in [-0.25, -0.2) is 0 Å². The lowest BCUT2D eigenvalue weighted by Crippen LogP contribution is -2.38. The van der Waals surface area contributed by atoms with Gasteiger partial charge in [-0.05, 0) is 37.1 Å². The molecule has 0 spiro atoms. The maximum Gasteiger partial charge on any atom is 0.240 e. The summed E-state index contributed by atoms with van der Waals surface area (Å²) in [5, 5.41) is 3.29. The van der Waals surface area contributed by atoms with Gasteiger partial charge in [0, 0.05) is 25.5 Å². The smallest absolute Gasteiger partial charge is 0.240 e. The van der Waals surface area contributed by atoms with Crippen molar-refractivity contribution in [2.24, 2.45) is 0 Å². The highest BCUT2D eigenvalue weighted by atomic mass is 16.2. The van der Waals surface area contributed by atoms with Crippen LogP contribution in [-0.2, 0) is 11.3 Å². The number of aromatic nitrogens is 1. The summed E-state index contributed by atoms with van der Waals surface area (Å²) in [7, 11) is 0. The Bertz CT molecular complexity index is 366. The molecule has 17 heavy (non-hydrogen) atoms. The number of nitrogens with one attached hydrogen (secondary N) is 1. The number of carbonyl (C=O) groups excluding carboxylic acids is 1. The number of hydrogen-bond donors (Lipinski definition) is 1. The van der Waals surface area contributed by atoms with Gasteiger partial charge in [0.05, 0.1) is 6.04 Å². The molecule has 1 N–H and O–H groups in total. The van der Waals surface area contributed by atoms with E-state index in [1.165, 1.54) is 0 Å². The Kier molecular flexibility index (Phi) is 4.09. The zero-order valence-electron chi connectivity index (χ0n) is 10.2. The topological polar surface area (TPSA) is 45.2 Å². The predicted octanol–water partition coefficient (Wildman–Crippen LogP) is 1.18. The minimum Gasteiger partial charge on any atom is -0.337 e. The van der Waals surface area contributed by atoms with Crippen molar-refractivity contribution in [2.75, 3.05) is 13.1 Å². The third kappa shape index (κ3) is 3.03. The molecule has 0 aromatic carbocycles. The van der Waals surface area contributed by atoms with E-state index in [1.54, 1.807) is 12.4 Å². The van der Waals surface area contributed by atoms with E-state index in [1.807, 2.05) is 17.0 Å². The molecule has 1 atom stereocenters. The first-order valence-corrected chi connectivity index (χ1v) is 6.22. The van der Waals surface area contributed by atoms with E-state index in [4.69, 9.17) is 0 Å². The monoisotopic (exact) mass is 233 g/mol. The second kappa shape index (κ2) is 5.77. The number of nitrogens with zero attached hydrogens (tertiary/aromatic N) is 2. The van der Waals surface area contributed by atoms with Crippen molar-refractivity contribution in [3.63, 3.8) is 0 Å². The Morgan fingerprint density at radius 2 is 2.24 bits per heavy atom. The Hall–Kier alpha value is -1.42. The van der Waals surface area contributed by atoms with Crippen LogP contribution in [0.15, 0.2) is 24.5 Å². The molecule has 4 nitrogen and oxygen atoms in total. The number of rotatable bonds is 5. The molecule has 2 rings (SSSR count). The first-order valence-electron chi connectivity index (χ1n) is 6.22. The fraction of sp³-hybridized carbons (Fsp3) is 0.538. The Labute approximate surface area is 102 Å². The standard InChI is InChI=1S/C13H19N3O/c1-2-6-15-12-5-9-16(13(12)17)10-11-3-7-14-8-4-11/h3-4,7-8,12,15H,2,5-6,9-10H2,1H3. The molecule has 1 amide bonds. The van der Waals surface area contributed by atoms with Crippen molar-refractivity contribution in [3.8, 4) is 0 Å². The number of amides is 1. The minimum absolute atomic E-state index is 0.0248. The summed E-state index contributed by atoms with van der Waals surface area (Å²) in [6.07, 6.45) is 5.52. The van der Waals surface area contributed by atoms with Crippen LogP contribution in [0, 0.1) is 0 Å². The highest BCUT2D eigenvalue weighted by molar-refractivity contribution is 5.83. The maximum absolute atomic E-state index is 12.1. The van der Waals surface area contributed by atoms with E-state index >= 15 is 0 Å². The molecule has 92 valence electrons. The normalized spacial score (nSPS) is 19.9. The third-order valence-corrected chi connectivity index (χ3v) is 3.06. The number of hydrogen-bond acceptors (Lipinski definition) is 3. The molecule has 0 bridgehead atoms. The van der Waals surface area contributed by atoms with Gasteiger partial charge < -0.3 is 10.2 Å². The van der Waals surface area contributed by atoms with E-state index < -0.39 is 0 Å². The molecule has 0 saturated carbocycles. The van der Waals surface area contributed by atoms with Crippen LogP contribution in [0.4, 0.5) is 0 Å². The van der Waals surface area contributed by atoms with E-state index in [2.05, 4.69) is 17.2 Å². The molecule has 1 aliphatic rings. The van der Waals surface area contributed by atoms with Crippen molar-refractivity contribution in [2.45, 2.75) is 32.4 Å². The van der Waals surface area contributed by atoms with Gasteiger partial charge >= 0.3 is 0 Å². The van der Waals surface area contributed by atoms with Gasteiger partial charge in [-0.15, -0.1) is 0 Å². The summed E-state index contributed by atoms with van der Waals surface area (Å²) in [4.78, 5) is 18.0. The maximum atomic E-state index is 12.1. The Morgan fingerprint density at radius 1 is 1.47 bits per heavy atom. The molecule has 1 aromatic heterocycles. The number of likely N-dealkylation sites (tertiary alicyclic amines) is 1. The highest BCUT2D eigenvalue weighted by Crippen LogP contribution is 2.14. The SMILES string of the molecule is CCCNC1CCN(Cc2ccncc2)C1=O. The highest BCUT2D eigenvalue weighted by Gasteiger charge is 2.30. The average molecular weight is 233 g/mol. The van der Waals surface area contributed by atoms with Crippen molar-refractivity contribution >= 4 is 5.91 Å². The molecule has 2 heterocycles. The molecule has 4 heteroatoms. The Morgan fingerprint density at radius 3 is 2.94 bits per heavy atom. The van der Waals surface area contributed by atoms with Crippen LogP contribution in [0.2, 0.25) is 0 Å². The van der Waals surface area contributed by atoms with Gasteiger partial charge in [0.25, 0.3) is 0 Å². The van der Waals surface area contributed by atoms with Gasteiger partial charge in [0.15, 0.2) is 0 Å². The van der Waals surface area contributed by atoms with Gasteiger partial charge in [0.2, 0.25) is 5.91 Å². The molecule has 0 aliphatic carbocycles. The lowest BCUT2D eigenvalue weighted by molar-refractivity contribution is -0.129. The zero-order chi connectivity index (χ0) is 12.1. The minimum atomic E-state index is 0.0248.